The summed E-state index contributed by atoms with van der Waals surface area (Å²) in [6.45, 7) is 5.57. The number of rotatable bonds is 3. The number of hydrogen-bond donors (Lipinski definition) is 1. The molecule has 1 aliphatic carbocycles. The van der Waals surface area contributed by atoms with E-state index >= 15 is 0 Å². The Morgan fingerprint density at radius 3 is 2.41 bits per heavy atom. The number of benzene rings is 2. The number of nitrogens with zero attached hydrogens (tertiary/aromatic N) is 3. The fourth-order valence-electron chi connectivity index (χ4n) is 5.02. The number of aryl methyl sites for hydroxylation is 1. The number of carbonyl (C=O) groups is 1. The first-order chi connectivity index (χ1) is 14.0. The van der Waals surface area contributed by atoms with E-state index in [1.165, 1.54) is 24.8 Å². The highest BCUT2D eigenvalue weighted by atomic mass is 16.2. The van der Waals surface area contributed by atoms with E-state index < -0.39 is 0 Å². The summed E-state index contributed by atoms with van der Waals surface area (Å²) >= 11 is 0. The summed E-state index contributed by atoms with van der Waals surface area (Å²) in [4.78, 5) is 17.3. The normalized spacial score (nSPS) is 19.9. The quantitative estimate of drug-likeness (QED) is 0.817. The van der Waals surface area contributed by atoms with Crippen molar-refractivity contribution >= 4 is 17.3 Å². The van der Waals surface area contributed by atoms with Crippen molar-refractivity contribution in [2.75, 3.05) is 36.8 Å². The van der Waals surface area contributed by atoms with Gasteiger partial charge in [0.2, 0.25) is 0 Å². The van der Waals surface area contributed by atoms with Gasteiger partial charge in [0.1, 0.15) is 0 Å². The topological polar surface area (TPSA) is 73.4 Å². The molecule has 0 atom stereocenters. The molecule has 2 saturated heterocycles. The zero-order valence-corrected chi connectivity index (χ0v) is 16.8. The van der Waals surface area contributed by atoms with Gasteiger partial charge in [-0.15, -0.1) is 0 Å². The first-order valence-electron chi connectivity index (χ1n) is 10.4. The van der Waals surface area contributed by atoms with Crippen LogP contribution in [-0.2, 0) is 0 Å². The molecule has 2 aromatic carbocycles. The summed E-state index contributed by atoms with van der Waals surface area (Å²) in [5.41, 5.74) is 12.1. The molecule has 5 nitrogen and oxygen atoms in total. The second kappa shape index (κ2) is 6.52. The van der Waals surface area contributed by atoms with Crippen molar-refractivity contribution in [2.45, 2.75) is 32.1 Å². The van der Waals surface area contributed by atoms with Gasteiger partial charge in [-0.25, -0.2) is 0 Å². The zero-order valence-electron chi connectivity index (χ0n) is 16.8. The predicted octanol–water partition coefficient (Wildman–Crippen LogP) is 3.68. The number of anilines is 2. The number of nitrogen functional groups attached to an aromatic ring is 1. The third-order valence-corrected chi connectivity index (χ3v) is 6.96. The molecular formula is C24H26N4O. The minimum atomic E-state index is 0.108. The van der Waals surface area contributed by atoms with E-state index in [9.17, 15) is 4.79 Å². The van der Waals surface area contributed by atoms with E-state index in [2.05, 4.69) is 17.0 Å². The van der Waals surface area contributed by atoms with Crippen molar-refractivity contribution in [1.29, 1.82) is 5.26 Å². The van der Waals surface area contributed by atoms with E-state index in [1.807, 2.05) is 42.2 Å². The number of hydrogen-bond acceptors (Lipinski definition) is 4. The van der Waals surface area contributed by atoms with Crippen molar-refractivity contribution in [1.82, 2.24) is 4.90 Å². The molecule has 0 bridgehead atoms. The standard InChI is InChI=1S/C24H26N4O/c1-16-9-21(18-3-2-4-18)22(26)10-20(16)23(29)28-14-24(15-28)12-27(13-24)19-7-5-17(11-25)6-8-19/h5-10,18H,2-4,12-15,26H2,1H3. The third-order valence-electron chi connectivity index (χ3n) is 6.96. The molecule has 2 aromatic rings. The van der Waals surface area contributed by atoms with Crippen LogP contribution in [0.5, 0.6) is 0 Å². The highest BCUT2D eigenvalue weighted by molar-refractivity contribution is 5.97. The van der Waals surface area contributed by atoms with Crippen molar-refractivity contribution in [3.63, 3.8) is 0 Å². The monoisotopic (exact) mass is 386 g/mol. The number of nitrogens with two attached hydrogens (primary N) is 1. The highest BCUT2D eigenvalue weighted by Gasteiger charge is 2.53. The van der Waals surface area contributed by atoms with Crippen molar-refractivity contribution in [2.24, 2.45) is 5.41 Å². The SMILES string of the molecule is Cc1cc(C2CCC2)c(N)cc1C(=O)N1CC2(C1)CN(c1ccc(C#N)cc1)C2. The first-order valence-corrected chi connectivity index (χ1v) is 10.4. The maximum absolute atomic E-state index is 13.0. The third kappa shape index (κ3) is 2.95. The van der Waals surface area contributed by atoms with Crippen LogP contribution >= 0.6 is 0 Å². The van der Waals surface area contributed by atoms with Crippen molar-refractivity contribution in [3.05, 3.63) is 58.7 Å². The largest absolute Gasteiger partial charge is 0.398 e. The van der Waals surface area contributed by atoms with Crippen LogP contribution in [0.15, 0.2) is 36.4 Å². The van der Waals surface area contributed by atoms with Crippen LogP contribution in [0.25, 0.3) is 0 Å². The number of nitriles is 1. The van der Waals surface area contributed by atoms with Gasteiger partial charge in [-0.3, -0.25) is 4.79 Å². The molecule has 5 rings (SSSR count). The lowest BCUT2D eigenvalue weighted by Crippen LogP contribution is -2.73. The van der Waals surface area contributed by atoms with E-state index in [1.54, 1.807) is 0 Å². The number of carbonyl (C=O) groups excluding carboxylic acids is 1. The summed E-state index contributed by atoms with van der Waals surface area (Å²) in [6, 6.07) is 13.9. The molecule has 0 unspecified atom stereocenters. The fourth-order valence-corrected chi connectivity index (χ4v) is 5.02. The lowest BCUT2D eigenvalue weighted by atomic mass is 9.72. The van der Waals surface area contributed by atoms with Crippen molar-refractivity contribution in [3.8, 4) is 6.07 Å². The maximum Gasteiger partial charge on any atom is 0.254 e. The van der Waals surface area contributed by atoms with Gasteiger partial charge in [0.05, 0.1) is 11.6 Å². The first kappa shape index (κ1) is 18.1. The van der Waals surface area contributed by atoms with Gasteiger partial charge >= 0.3 is 0 Å². The predicted molar refractivity (Wildman–Crippen MR) is 114 cm³/mol. The van der Waals surface area contributed by atoms with Crippen LogP contribution < -0.4 is 10.6 Å². The van der Waals surface area contributed by atoms with Gasteiger partial charge in [0, 0.05) is 48.5 Å². The second-order valence-electron chi connectivity index (χ2n) is 9.10. The van der Waals surface area contributed by atoms with Crippen LogP contribution in [0, 0.1) is 23.7 Å². The zero-order chi connectivity index (χ0) is 20.2. The summed E-state index contributed by atoms with van der Waals surface area (Å²) in [7, 11) is 0. The molecule has 2 heterocycles. The van der Waals surface area contributed by atoms with Crippen LogP contribution in [0.2, 0.25) is 0 Å². The van der Waals surface area contributed by atoms with Crippen LogP contribution in [0.3, 0.4) is 0 Å². The van der Waals surface area contributed by atoms with Gasteiger partial charge in [-0.2, -0.15) is 5.26 Å². The minimum absolute atomic E-state index is 0.108. The molecule has 3 aliphatic rings. The summed E-state index contributed by atoms with van der Waals surface area (Å²) in [5.74, 6) is 0.685. The van der Waals surface area contributed by atoms with Gasteiger partial charge in [0.25, 0.3) is 5.91 Å². The Bertz CT molecular complexity index is 1000. The molecule has 1 spiro atoms. The molecule has 5 heteroatoms. The average Bonchev–Trinajstić information content (AvgIpc) is 2.61. The molecule has 148 valence electrons. The molecule has 2 aliphatic heterocycles. The molecule has 1 saturated carbocycles. The Hall–Kier alpha value is -3.00. The van der Waals surface area contributed by atoms with E-state index in [-0.39, 0.29) is 11.3 Å². The summed E-state index contributed by atoms with van der Waals surface area (Å²) < 4.78 is 0. The highest BCUT2D eigenvalue weighted by Crippen LogP contribution is 2.43. The minimum Gasteiger partial charge on any atom is -0.398 e. The van der Waals surface area contributed by atoms with Crippen LogP contribution in [-0.4, -0.2) is 37.0 Å². The Morgan fingerprint density at radius 2 is 1.83 bits per heavy atom. The lowest BCUT2D eigenvalue weighted by molar-refractivity contribution is -0.0105. The molecule has 1 amide bonds. The molecule has 29 heavy (non-hydrogen) atoms. The molecule has 0 aromatic heterocycles. The smallest absolute Gasteiger partial charge is 0.254 e. The molecular weight excluding hydrogens is 360 g/mol. The van der Waals surface area contributed by atoms with Gasteiger partial charge in [0.15, 0.2) is 0 Å². The Balaban J connectivity index is 1.22. The van der Waals surface area contributed by atoms with E-state index in [4.69, 9.17) is 11.0 Å². The van der Waals surface area contributed by atoms with E-state index in [0.29, 0.717) is 11.5 Å². The van der Waals surface area contributed by atoms with Crippen LogP contribution in [0.1, 0.15) is 52.2 Å². The summed E-state index contributed by atoms with van der Waals surface area (Å²) in [6.07, 6.45) is 3.70. The van der Waals surface area contributed by atoms with Crippen LogP contribution in [0.4, 0.5) is 11.4 Å². The molecule has 2 N–H and O–H groups in total. The lowest BCUT2D eigenvalue weighted by Gasteiger charge is -2.61. The molecule has 0 radical (unpaired) electrons. The van der Waals surface area contributed by atoms with Crippen molar-refractivity contribution < 1.29 is 4.79 Å². The van der Waals surface area contributed by atoms with Gasteiger partial charge < -0.3 is 15.5 Å². The molecule has 3 fully saturated rings. The number of amides is 1. The maximum atomic E-state index is 13.0. The number of likely N-dealkylation sites (tertiary alicyclic amines) is 1. The second-order valence-corrected chi connectivity index (χ2v) is 9.10. The van der Waals surface area contributed by atoms with Gasteiger partial charge in [-0.05, 0) is 67.1 Å². The summed E-state index contributed by atoms with van der Waals surface area (Å²) in [5, 5.41) is 8.93. The van der Waals surface area contributed by atoms with Gasteiger partial charge in [-0.1, -0.05) is 12.5 Å². The Kier molecular flexibility index (Phi) is 4.06. The average molecular weight is 386 g/mol. The van der Waals surface area contributed by atoms with E-state index in [0.717, 1.165) is 48.7 Å². The Morgan fingerprint density at radius 1 is 1.14 bits per heavy atom. The Labute approximate surface area is 171 Å². The fraction of sp³-hybridized carbons (Fsp3) is 0.417.